The molecular formula is C10H17ClN2O. The lowest BCUT2D eigenvalue weighted by Crippen LogP contribution is -2.28. The molecule has 1 aliphatic heterocycles. The molecule has 1 aromatic heterocycles. The molecule has 3 nitrogen and oxygen atoms in total. The second-order valence-electron chi connectivity index (χ2n) is 3.56. The van der Waals surface area contributed by atoms with Crippen LogP contribution in [0.15, 0.2) is 10.7 Å². The minimum absolute atomic E-state index is 0. The molecule has 2 heterocycles. The van der Waals surface area contributed by atoms with Gasteiger partial charge in [-0.2, -0.15) is 0 Å². The summed E-state index contributed by atoms with van der Waals surface area (Å²) in [5.74, 6) is 1.43. The fourth-order valence-electron chi connectivity index (χ4n) is 1.78. The van der Waals surface area contributed by atoms with Gasteiger partial charge < -0.3 is 9.73 Å². The second-order valence-corrected chi connectivity index (χ2v) is 3.56. The van der Waals surface area contributed by atoms with Gasteiger partial charge >= 0.3 is 0 Å². The summed E-state index contributed by atoms with van der Waals surface area (Å²) < 4.78 is 5.33. The molecule has 1 fully saturated rings. The van der Waals surface area contributed by atoms with Crippen LogP contribution in [-0.2, 0) is 6.42 Å². The molecule has 1 N–H and O–H groups in total. The summed E-state index contributed by atoms with van der Waals surface area (Å²) in [6.45, 7) is 4.26. The minimum Gasteiger partial charge on any atom is -0.449 e. The van der Waals surface area contributed by atoms with Crippen molar-refractivity contribution in [3.63, 3.8) is 0 Å². The van der Waals surface area contributed by atoms with Crippen LogP contribution in [0.1, 0.15) is 37.3 Å². The molecule has 14 heavy (non-hydrogen) atoms. The van der Waals surface area contributed by atoms with Crippen LogP contribution in [0.4, 0.5) is 0 Å². The monoisotopic (exact) mass is 216 g/mol. The molecule has 0 aliphatic carbocycles. The Hall–Kier alpha value is -0.540. The first-order valence-electron chi connectivity index (χ1n) is 5.05. The normalized spacial score (nSPS) is 21.6. The fraction of sp³-hybridized carbons (Fsp3) is 0.700. The lowest BCUT2D eigenvalue weighted by molar-refractivity contribution is 0.452. The Labute approximate surface area is 90.7 Å². The van der Waals surface area contributed by atoms with Crippen LogP contribution < -0.4 is 5.32 Å². The molecule has 0 radical (unpaired) electrons. The Morgan fingerprint density at radius 1 is 1.64 bits per heavy atom. The number of rotatable bonds is 2. The summed E-state index contributed by atoms with van der Waals surface area (Å²) in [6.07, 6.45) is 5.19. The maximum atomic E-state index is 5.33. The van der Waals surface area contributed by atoms with Gasteiger partial charge in [0.05, 0.1) is 5.69 Å². The summed E-state index contributed by atoms with van der Waals surface area (Å²) >= 11 is 0. The minimum atomic E-state index is 0. The van der Waals surface area contributed by atoms with Crippen LogP contribution >= 0.6 is 12.4 Å². The van der Waals surface area contributed by atoms with Crippen LogP contribution in [0, 0.1) is 0 Å². The summed E-state index contributed by atoms with van der Waals surface area (Å²) in [7, 11) is 0. The van der Waals surface area contributed by atoms with Gasteiger partial charge in [0, 0.05) is 18.9 Å². The van der Waals surface area contributed by atoms with Crippen LogP contribution in [0.5, 0.6) is 0 Å². The zero-order valence-corrected chi connectivity index (χ0v) is 9.27. The van der Waals surface area contributed by atoms with Crippen molar-refractivity contribution in [1.29, 1.82) is 0 Å². The van der Waals surface area contributed by atoms with Gasteiger partial charge in [0.1, 0.15) is 6.26 Å². The van der Waals surface area contributed by atoms with Crippen LogP contribution in [-0.4, -0.2) is 18.1 Å². The molecule has 1 aromatic rings. The Bertz CT molecular complexity index is 269. The van der Waals surface area contributed by atoms with Crippen molar-refractivity contribution in [2.24, 2.45) is 0 Å². The van der Waals surface area contributed by atoms with E-state index in [0.29, 0.717) is 5.92 Å². The zero-order valence-electron chi connectivity index (χ0n) is 8.45. The fourth-order valence-corrected chi connectivity index (χ4v) is 1.78. The van der Waals surface area contributed by atoms with Crippen molar-refractivity contribution in [2.75, 3.05) is 13.1 Å². The van der Waals surface area contributed by atoms with Gasteiger partial charge in [-0.1, -0.05) is 6.92 Å². The third-order valence-electron chi connectivity index (χ3n) is 2.59. The smallest absolute Gasteiger partial charge is 0.193 e. The average Bonchev–Trinajstić information content (AvgIpc) is 2.67. The van der Waals surface area contributed by atoms with Crippen molar-refractivity contribution in [3.8, 4) is 0 Å². The van der Waals surface area contributed by atoms with Gasteiger partial charge in [0.2, 0.25) is 0 Å². The molecule has 0 spiro atoms. The van der Waals surface area contributed by atoms with Crippen LogP contribution in [0.2, 0.25) is 0 Å². The SMILES string of the molecule is CCc1nc(C2CCCNC2)co1.Cl. The molecule has 0 aromatic carbocycles. The predicted octanol–water partition coefficient (Wildman–Crippen LogP) is 2.13. The van der Waals surface area contributed by atoms with E-state index in [1.54, 1.807) is 0 Å². The largest absolute Gasteiger partial charge is 0.449 e. The molecular weight excluding hydrogens is 200 g/mol. The maximum absolute atomic E-state index is 5.33. The first-order valence-corrected chi connectivity index (χ1v) is 5.05. The third-order valence-corrected chi connectivity index (χ3v) is 2.59. The predicted molar refractivity (Wildman–Crippen MR) is 58.0 cm³/mol. The highest BCUT2D eigenvalue weighted by Crippen LogP contribution is 2.22. The Kier molecular flexibility index (Phi) is 4.42. The Balaban J connectivity index is 0.000000980. The average molecular weight is 217 g/mol. The van der Waals surface area contributed by atoms with E-state index in [1.807, 2.05) is 6.26 Å². The molecule has 4 heteroatoms. The van der Waals surface area contributed by atoms with Gasteiger partial charge in [-0.3, -0.25) is 0 Å². The lowest BCUT2D eigenvalue weighted by Gasteiger charge is -2.20. The van der Waals surface area contributed by atoms with E-state index >= 15 is 0 Å². The molecule has 1 unspecified atom stereocenters. The van der Waals surface area contributed by atoms with E-state index in [2.05, 4.69) is 17.2 Å². The molecule has 1 atom stereocenters. The molecule has 0 amide bonds. The molecule has 1 aliphatic rings. The van der Waals surface area contributed by atoms with Crippen molar-refractivity contribution in [3.05, 3.63) is 17.8 Å². The van der Waals surface area contributed by atoms with E-state index in [0.717, 1.165) is 31.1 Å². The summed E-state index contributed by atoms with van der Waals surface area (Å²) in [5.41, 5.74) is 1.13. The topological polar surface area (TPSA) is 38.1 Å². The highest BCUT2D eigenvalue weighted by Gasteiger charge is 2.18. The van der Waals surface area contributed by atoms with Gasteiger partial charge in [-0.05, 0) is 19.4 Å². The van der Waals surface area contributed by atoms with Crippen LogP contribution in [0.3, 0.4) is 0 Å². The quantitative estimate of drug-likeness (QED) is 0.823. The van der Waals surface area contributed by atoms with Crippen molar-refractivity contribution in [1.82, 2.24) is 10.3 Å². The number of aromatic nitrogens is 1. The van der Waals surface area contributed by atoms with Crippen LogP contribution in [0.25, 0.3) is 0 Å². The van der Waals surface area contributed by atoms with E-state index in [-0.39, 0.29) is 12.4 Å². The first kappa shape index (κ1) is 11.5. The Morgan fingerprint density at radius 3 is 3.07 bits per heavy atom. The maximum Gasteiger partial charge on any atom is 0.193 e. The number of oxazole rings is 1. The highest BCUT2D eigenvalue weighted by atomic mass is 35.5. The number of piperidine rings is 1. The number of nitrogens with one attached hydrogen (secondary N) is 1. The van der Waals surface area contributed by atoms with Crippen molar-refractivity contribution in [2.45, 2.75) is 32.1 Å². The Morgan fingerprint density at radius 2 is 2.50 bits per heavy atom. The van der Waals surface area contributed by atoms with Gasteiger partial charge in [-0.15, -0.1) is 12.4 Å². The van der Waals surface area contributed by atoms with Gasteiger partial charge in [0.25, 0.3) is 0 Å². The molecule has 1 saturated heterocycles. The highest BCUT2D eigenvalue weighted by molar-refractivity contribution is 5.85. The summed E-state index contributed by atoms with van der Waals surface area (Å²) in [4.78, 5) is 4.45. The molecule has 80 valence electrons. The summed E-state index contributed by atoms with van der Waals surface area (Å²) in [5, 5.41) is 3.38. The standard InChI is InChI=1S/C10H16N2O.ClH/c1-2-10-12-9(7-13-10)8-4-3-5-11-6-8;/h7-8,11H,2-6H2,1H3;1H. The lowest BCUT2D eigenvalue weighted by atomic mass is 9.97. The number of halogens is 1. The number of hydrogen-bond acceptors (Lipinski definition) is 3. The van der Waals surface area contributed by atoms with Crippen molar-refractivity contribution >= 4 is 12.4 Å². The van der Waals surface area contributed by atoms with E-state index in [4.69, 9.17) is 4.42 Å². The van der Waals surface area contributed by atoms with E-state index in [9.17, 15) is 0 Å². The van der Waals surface area contributed by atoms with Gasteiger partial charge in [0.15, 0.2) is 5.89 Å². The first-order chi connectivity index (χ1) is 6.40. The molecule has 0 saturated carbocycles. The number of hydrogen-bond donors (Lipinski definition) is 1. The second kappa shape index (κ2) is 5.37. The van der Waals surface area contributed by atoms with Gasteiger partial charge in [-0.25, -0.2) is 4.98 Å². The number of aryl methyl sites for hydroxylation is 1. The van der Waals surface area contributed by atoms with E-state index in [1.165, 1.54) is 12.8 Å². The zero-order chi connectivity index (χ0) is 9.10. The molecule has 0 bridgehead atoms. The summed E-state index contributed by atoms with van der Waals surface area (Å²) in [6, 6.07) is 0. The van der Waals surface area contributed by atoms with Crippen molar-refractivity contribution < 1.29 is 4.42 Å². The third kappa shape index (κ3) is 2.49. The van der Waals surface area contributed by atoms with E-state index < -0.39 is 0 Å². The number of nitrogens with zero attached hydrogens (tertiary/aromatic N) is 1. The molecule has 2 rings (SSSR count).